The normalized spacial score (nSPS) is 21.5. The zero-order valence-electron chi connectivity index (χ0n) is 16.7. The first-order valence-electron chi connectivity index (χ1n) is 9.89. The molecule has 1 aromatic heterocycles. The first-order valence-corrected chi connectivity index (χ1v) is 10.3. The number of pyridine rings is 1. The van der Waals surface area contributed by atoms with E-state index in [9.17, 15) is 9.59 Å². The van der Waals surface area contributed by atoms with Crippen LogP contribution < -0.4 is 15.6 Å². The molecule has 2 unspecified atom stereocenters. The molecule has 0 bridgehead atoms. The van der Waals surface area contributed by atoms with Crippen molar-refractivity contribution in [3.05, 3.63) is 58.9 Å². The Bertz CT molecular complexity index is 918. The highest BCUT2D eigenvalue weighted by molar-refractivity contribution is 6.30. The van der Waals surface area contributed by atoms with Gasteiger partial charge in [0.15, 0.2) is 0 Å². The van der Waals surface area contributed by atoms with Crippen LogP contribution in [-0.4, -0.2) is 65.9 Å². The van der Waals surface area contributed by atoms with Gasteiger partial charge in [0.2, 0.25) is 5.91 Å². The zero-order valence-corrected chi connectivity index (χ0v) is 17.4. The highest BCUT2D eigenvalue weighted by Gasteiger charge is 2.35. The van der Waals surface area contributed by atoms with Crippen LogP contribution in [0.15, 0.2) is 42.7 Å². The molecular formula is C21H24ClN5O3. The SMILES string of the molecule is COc1cc(Cl)ccc1C(=O)N1CCN(C(=O)C2CC(c3cccnc3)NN2)CC1. The average molecular weight is 430 g/mol. The fourth-order valence-corrected chi connectivity index (χ4v) is 4.04. The fourth-order valence-electron chi connectivity index (χ4n) is 3.88. The number of methoxy groups -OCH3 is 1. The van der Waals surface area contributed by atoms with Crippen LogP contribution in [0.2, 0.25) is 5.02 Å². The summed E-state index contributed by atoms with van der Waals surface area (Å²) in [5.41, 5.74) is 7.81. The molecule has 0 saturated carbocycles. The van der Waals surface area contributed by atoms with Gasteiger partial charge < -0.3 is 14.5 Å². The number of piperazine rings is 1. The van der Waals surface area contributed by atoms with Gasteiger partial charge in [-0.25, -0.2) is 10.9 Å². The highest BCUT2D eigenvalue weighted by Crippen LogP contribution is 2.26. The maximum Gasteiger partial charge on any atom is 0.257 e. The second-order valence-corrected chi connectivity index (χ2v) is 7.81. The number of hydrazine groups is 1. The van der Waals surface area contributed by atoms with E-state index in [1.807, 2.05) is 23.2 Å². The van der Waals surface area contributed by atoms with Gasteiger partial charge in [-0.15, -0.1) is 0 Å². The summed E-state index contributed by atoms with van der Waals surface area (Å²) in [7, 11) is 1.51. The van der Waals surface area contributed by atoms with Gasteiger partial charge in [-0.05, 0) is 36.2 Å². The zero-order chi connectivity index (χ0) is 21.1. The van der Waals surface area contributed by atoms with Crippen molar-refractivity contribution in [2.24, 2.45) is 0 Å². The molecule has 2 saturated heterocycles. The number of benzene rings is 1. The molecule has 1 aromatic carbocycles. The first-order chi connectivity index (χ1) is 14.6. The monoisotopic (exact) mass is 429 g/mol. The Kier molecular flexibility index (Phi) is 6.17. The molecule has 3 heterocycles. The van der Waals surface area contributed by atoms with Gasteiger partial charge >= 0.3 is 0 Å². The summed E-state index contributed by atoms with van der Waals surface area (Å²) < 4.78 is 5.30. The van der Waals surface area contributed by atoms with E-state index in [1.54, 1.807) is 29.3 Å². The number of halogens is 1. The fraction of sp³-hybridized carbons (Fsp3) is 0.381. The molecule has 2 atom stereocenters. The van der Waals surface area contributed by atoms with Crippen LogP contribution in [0.25, 0.3) is 0 Å². The average Bonchev–Trinajstić information content (AvgIpc) is 3.29. The van der Waals surface area contributed by atoms with E-state index < -0.39 is 0 Å². The Morgan fingerprint density at radius 3 is 2.60 bits per heavy atom. The molecule has 2 amide bonds. The number of rotatable bonds is 4. The summed E-state index contributed by atoms with van der Waals surface area (Å²) in [6, 6.07) is 8.61. The van der Waals surface area contributed by atoms with Crippen LogP contribution in [0.5, 0.6) is 5.75 Å². The molecule has 0 aliphatic carbocycles. The molecule has 0 radical (unpaired) electrons. The molecule has 9 heteroatoms. The number of carbonyl (C=O) groups excluding carboxylic acids is 2. The summed E-state index contributed by atoms with van der Waals surface area (Å²) in [6.07, 6.45) is 4.20. The lowest BCUT2D eigenvalue weighted by Crippen LogP contribution is -2.54. The van der Waals surface area contributed by atoms with E-state index in [4.69, 9.17) is 16.3 Å². The van der Waals surface area contributed by atoms with Gasteiger partial charge in [0.1, 0.15) is 11.8 Å². The number of amides is 2. The summed E-state index contributed by atoms with van der Waals surface area (Å²) in [6.45, 7) is 1.94. The quantitative estimate of drug-likeness (QED) is 0.768. The second-order valence-electron chi connectivity index (χ2n) is 7.38. The molecule has 158 valence electrons. The van der Waals surface area contributed by atoms with Crippen molar-refractivity contribution >= 4 is 23.4 Å². The van der Waals surface area contributed by atoms with Crippen LogP contribution in [0.4, 0.5) is 0 Å². The van der Waals surface area contributed by atoms with Crippen molar-refractivity contribution in [1.82, 2.24) is 25.6 Å². The minimum Gasteiger partial charge on any atom is -0.496 e. The molecular weight excluding hydrogens is 406 g/mol. The third-order valence-corrected chi connectivity index (χ3v) is 5.80. The molecule has 4 rings (SSSR count). The number of hydrogen-bond acceptors (Lipinski definition) is 6. The summed E-state index contributed by atoms with van der Waals surface area (Å²) in [4.78, 5) is 33.5. The molecule has 2 N–H and O–H groups in total. The van der Waals surface area contributed by atoms with Gasteiger partial charge in [-0.1, -0.05) is 17.7 Å². The minimum absolute atomic E-state index is 0.0464. The maximum atomic E-state index is 12.9. The van der Waals surface area contributed by atoms with Gasteiger partial charge in [-0.2, -0.15) is 0 Å². The van der Waals surface area contributed by atoms with Crippen LogP contribution in [0.3, 0.4) is 0 Å². The van der Waals surface area contributed by atoms with E-state index in [-0.39, 0.29) is 23.9 Å². The Balaban J connectivity index is 1.33. The van der Waals surface area contributed by atoms with Crippen molar-refractivity contribution in [2.45, 2.75) is 18.5 Å². The maximum absolute atomic E-state index is 12.9. The van der Waals surface area contributed by atoms with Crippen molar-refractivity contribution in [3.8, 4) is 5.75 Å². The topological polar surface area (TPSA) is 86.8 Å². The number of nitrogens with zero attached hydrogens (tertiary/aromatic N) is 3. The van der Waals surface area contributed by atoms with E-state index in [1.165, 1.54) is 7.11 Å². The number of aromatic nitrogens is 1. The standard InChI is InChI=1S/C21H24ClN5O3/c1-30-19-11-15(22)4-5-16(19)20(28)26-7-9-27(10-8-26)21(29)18-12-17(24-25-18)14-3-2-6-23-13-14/h2-6,11,13,17-18,24-25H,7-10,12H2,1H3. The van der Waals surface area contributed by atoms with Crippen molar-refractivity contribution in [1.29, 1.82) is 0 Å². The number of carbonyl (C=O) groups is 2. The van der Waals surface area contributed by atoms with E-state index in [2.05, 4.69) is 15.8 Å². The van der Waals surface area contributed by atoms with E-state index in [0.29, 0.717) is 48.9 Å². The molecule has 0 spiro atoms. The molecule has 30 heavy (non-hydrogen) atoms. The highest BCUT2D eigenvalue weighted by atomic mass is 35.5. The summed E-state index contributed by atoms with van der Waals surface area (Å²) >= 11 is 5.99. The van der Waals surface area contributed by atoms with E-state index >= 15 is 0 Å². The predicted octanol–water partition coefficient (Wildman–Crippen LogP) is 1.64. The lowest BCUT2D eigenvalue weighted by Gasteiger charge is -2.36. The predicted molar refractivity (Wildman–Crippen MR) is 112 cm³/mol. The largest absolute Gasteiger partial charge is 0.496 e. The number of nitrogens with one attached hydrogen (secondary N) is 2. The minimum atomic E-state index is -0.297. The smallest absolute Gasteiger partial charge is 0.257 e. The number of hydrogen-bond donors (Lipinski definition) is 2. The van der Waals surface area contributed by atoms with Crippen molar-refractivity contribution < 1.29 is 14.3 Å². The lowest BCUT2D eigenvalue weighted by molar-refractivity contribution is -0.134. The van der Waals surface area contributed by atoms with Crippen molar-refractivity contribution in [2.75, 3.05) is 33.3 Å². The van der Waals surface area contributed by atoms with Gasteiger partial charge in [0, 0.05) is 49.6 Å². The lowest BCUT2D eigenvalue weighted by atomic mass is 10.0. The molecule has 2 fully saturated rings. The van der Waals surface area contributed by atoms with Crippen LogP contribution in [0, 0.1) is 0 Å². The summed E-state index contributed by atoms with van der Waals surface area (Å²) in [5.74, 6) is 0.381. The Hall–Kier alpha value is -2.68. The first kappa shape index (κ1) is 20.6. The Labute approximate surface area is 180 Å². The molecule has 2 aromatic rings. The van der Waals surface area contributed by atoms with Gasteiger partial charge in [0.25, 0.3) is 5.91 Å². The third kappa shape index (κ3) is 4.26. The molecule has 8 nitrogen and oxygen atoms in total. The second kappa shape index (κ2) is 8.99. The summed E-state index contributed by atoms with van der Waals surface area (Å²) in [5, 5.41) is 0.515. The number of ether oxygens (including phenoxy) is 1. The Morgan fingerprint density at radius 1 is 1.13 bits per heavy atom. The van der Waals surface area contributed by atoms with Crippen LogP contribution >= 0.6 is 11.6 Å². The van der Waals surface area contributed by atoms with Crippen LogP contribution in [-0.2, 0) is 4.79 Å². The van der Waals surface area contributed by atoms with E-state index in [0.717, 1.165) is 5.56 Å². The Morgan fingerprint density at radius 2 is 1.90 bits per heavy atom. The third-order valence-electron chi connectivity index (χ3n) is 5.56. The molecule has 2 aliphatic heterocycles. The molecule has 2 aliphatic rings. The van der Waals surface area contributed by atoms with Gasteiger partial charge in [0.05, 0.1) is 12.7 Å². The van der Waals surface area contributed by atoms with Crippen molar-refractivity contribution in [3.63, 3.8) is 0 Å². The van der Waals surface area contributed by atoms with Gasteiger partial charge in [-0.3, -0.25) is 14.6 Å². The van der Waals surface area contributed by atoms with Crippen LogP contribution in [0.1, 0.15) is 28.4 Å².